The number of hydrogen-bond donors (Lipinski definition) is 0. The van der Waals surface area contributed by atoms with Crippen molar-refractivity contribution in [1.29, 1.82) is 0 Å². The molecular weight excluding hydrogens is 410 g/mol. The Balaban J connectivity index is 1.39. The normalized spacial score (nSPS) is 25.2. The van der Waals surface area contributed by atoms with Gasteiger partial charge in [0.2, 0.25) is 0 Å². The van der Waals surface area contributed by atoms with Gasteiger partial charge in [0.05, 0.1) is 0 Å². The van der Waals surface area contributed by atoms with E-state index in [0.717, 1.165) is 37.7 Å². The summed E-state index contributed by atoms with van der Waals surface area (Å²) < 4.78 is 5.70. The summed E-state index contributed by atoms with van der Waals surface area (Å²) in [6.07, 6.45) is 4.25. The van der Waals surface area contributed by atoms with E-state index >= 15 is 0 Å². The number of hydrogen-bond acceptors (Lipinski definition) is 3. The number of carbonyl (C=O) groups excluding carboxylic acids is 2. The molecule has 2 aliphatic heterocycles. The van der Waals surface area contributed by atoms with Crippen LogP contribution in [-0.4, -0.2) is 34.5 Å². The number of fused-ring (bicyclic) bond motifs is 5. The summed E-state index contributed by atoms with van der Waals surface area (Å²) in [5.74, 6) is 0.189. The van der Waals surface area contributed by atoms with E-state index < -0.39 is 5.60 Å². The van der Waals surface area contributed by atoms with Crippen LogP contribution < -0.4 is 0 Å². The number of ketones is 1. The van der Waals surface area contributed by atoms with Gasteiger partial charge in [-0.05, 0) is 81.2 Å². The first-order chi connectivity index (χ1) is 15.6. The smallest absolute Gasteiger partial charge is 0.410 e. The van der Waals surface area contributed by atoms with Crippen LogP contribution in [0.2, 0.25) is 0 Å². The third kappa shape index (κ3) is 3.78. The monoisotopic (exact) mass is 445 g/mol. The fraction of sp³-hybridized carbons (Fsp3) is 0.517. The predicted molar refractivity (Wildman–Crippen MR) is 131 cm³/mol. The molecule has 2 heterocycles. The van der Waals surface area contributed by atoms with Crippen LogP contribution in [0.3, 0.4) is 0 Å². The molecule has 2 saturated heterocycles. The summed E-state index contributed by atoms with van der Waals surface area (Å²) in [5.41, 5.74) is 5.26. The number of rotatable bonds is 2. The third-order valence-corrected chi connectivity index (χ3v) is 7.82. The molecule has 2 aromatic rings. The number of Topliss-reactive ketones (excluding diaryl/α,β-unsaturated/α-hetero) is 1. The highest BCUT2D eigenvalue weighted by molar-refractivity contribution is 5.99. The molecule has 4 heteroatoms. The summed E-state index contributed by atoms with van der Waals surface area (Å²) >= 11 is 0. The molecule has 3 aliphatic rings. The van der Waals surface area contributed by atoms with Gasteiger partial charge in [-0.25, -0.2) is 4.79 Å². The molecule has 4 nitrogen and oxygen atoms in total. The molecule has 2 unspecified atom stereocenters. The molecule has 33 heavy (non-hydrogen) atoms. The van der Waals surface area contributed by atoms with Gasteiger partial charge in [0.15, 0.2) is 5.78 Å². The molecule has 0 radical (unpaired) electrons. The number of nitrogens with zero attached hydrogens (tertiary/aromatic N) is 1. The molecule has 2 aromatic carbocycles. The summed E-state index contributed by atoms with van der Waals surface area (Å²) in [5, 5.41) is 0. The molecule has 2 fully saturated rings. The van der Waals surface area contributed by atoms with E-state index in [9.17, 15) is 9.59 Å². The van der Waals surface area contributed by atoms with Gasteiger partial charge in [0.1, 0.15) is 5.60 Å². The lowest BCUT2D eigenvalue weighted by Crippen LogP contribution is -2.56. The minimum atomic E-state index is -0.507. The highest BCUT2D eigenvalue weighted by Gasteiger charge is 2.45. The van der Waals surface area contributed by atoms with Crippen LogP contribution >= 0.6 is 0 Å². The maximum absolute atomic E-state index is 13.7. The van der Waals surface area contributed by atoms with Crippen LogP contribution in [-0.2, 0) is 10.2 Å². The van der Waals surface area contributed by atoms with Crippen molar-refractivity contribution in [2.45, 2.75) is 89.8 Å². The topological polar surface area (TPSA) is 46.6 Å². The zero-order valence-corrected chi connectivity index (χ0v) is 20.5. The number of benzene rings is 2. The van der Waals surface area contributed by atoms with Gasteiger partial charge in [-0.2, -0.15) is 0 Å². The van der Waals surface area contributed by atoms with Gasteiger partial charge in [0, 0.05) is 29.0 Å². The average molecular weight is 446 g/mol. The Morgan fingerprint density at radius 1 is 0.939 bits per heavy atom. The van der Waals surface area contributed by atoms with E-state index in [1.165, 1.54) is 22.3 Å². The number of piperidine rings is 2. The van der Waals surface area contributed by atoms with Crippen molar-refractivity contribution in [3.05, 3.63) is 59.2 Å². The molecule has 1 amide bonds. The summed E-state index contributed by atoms with van der Waals surface area (Å²) in [7, 11) is 0. The van der Waals surface area contributed by atoms with Gasteiger partial charge < -0.3 is 9.64 Å². The summed E-state index contributed by atoms with van der Waals surface area (Å²) in [6.45, 7) is 10.2. The molecule has 0 spiro atoms. The lowest BCUT2D eigenvalue weighted by atomic mass is 9.75. The first-order valence-electron chi connectivity index (χ1n) is 12.4. The van der Waals surface area contributed by atoms with Crippen molar-refractivity contribution in [2.75, 3.05) is 0 Å². The van der Waals surface area contributed by atoms with Gasteiger partial charge in [-0.15, -0.1) is 0 Å². The standard InChI is InChI=1S/C29H35NO3/c1-28(2,3)33-27(32)30-20-9-8-10-21(30)16-19(15-20)26(31)18-13-14-23-22-11-6-7-12-24(22)29(4,5)25(23)17-18/h6-7,11-14,17,19-21H,8-10,15-16H2,1-5H3. The van der Waals surface area contributed by atoms with Crippen molar-refractivity contribution in [3.63, 3.8) is 0 Å². The van der Waals surface area contributed by atoms with E-state index in [1.807, 2.05) is 31.7 Å². The fourth-order valence-electron chi connectivity index (χ4n) is 6.30. The Hall–Kier alpha value is -2.62. The molecule has 174 valence electrons. The van der Waals surface area contributed by atoms with Gasteiger partial charge in [-0.1, -0.05) is 50.2 Å². The van der Waals surface area contributed by atoms with E-state index in [-0.39, 0.29) is 35.3 Å². The average Bonchev–Trinajstić information content (AvgIpc) is 2.98. The molecule has 0 aromatic heterocycles. The molecule has 5 rings (SSSR count). The summed E-state index contributed by atoms with van der Waals surface area (Å²) in [4.78, 5) is 28.5. The molecule has 1 aliphatic carbocycles. The lowest BCUT2D eigenvalue weighted by Gasteiger charge is -2.48. The largest absolute Gasteiger partial charge is 0.444 e. The van der Waals surface area contributed by atoms with Crippen LogP contribution in [0.1, 0.15) is 88.2 Å². The van der Waals surface area contributed by atoms with E-state index in [2.05, 4.69) is 50.2 Å². The van der Waals surface area contributed by atoms with Gasteiger partial charge in [-0.3, -0.25) is 4.79 Å². The van der Waals surface area contributed by atoms with E-state index in [4.69, 9.17) is 4.74 Å². The van der Waals surface area contributed by atoms with Gasteiger partial charge >= 0.3 is 6.09 Å². The zero-order chi connectivity index (χ0) is 23.5. The Morgan fingerprint density at radius 3 is 2.24 bits per heavy atom. The van der Waals surface area contributed by atoms with Gasteiger partial charge in [0.25, 0.3) is 0 Å². The Kier molecular flexibility index (Phi) is 5.19. The van der Waals surface area contributed by atoms with Crippen molar-refractivity contribution in [1.82, 2.24) is 4.90 Å². The summed E-state index contributed by atoms with van der Waals surface area (Å²) in [6, 6.07) is 15.0. The fourth-order valence-corrected chi connectivity index (χ4v) is 6.30. The second-order valence-corrected chi connectivity index (χ2v) is 11.6. The minimum Gasteiger partial charge on any atom is -0.444 e. The van der Waals surface area contributed by atoms with Crippen molar-refractivity contribution in [3.8, 4) is 11.1 Å². The van der Waals surface area contributed by atoms with Crippen LogP contribution in [0, 0.1) is 5.92 Å². The van der Waals surface area contributed by atoms with Crippen LogP contribution in [0.25, 0.3) is 11.1 Å². The first-order valence-corrected chi connectivity index (χ1v) is 12.4. The maximum Gasteiger partial charge on any atom is 0.410 e. The SMILES string of the molecule is CC(C)(C)OC(=O)N1C2CCCC1CC(C(=O)c1ccc3c(c1)C(C)(C)c1ccccc1-3)C2. The van der Waals surface area contributed by atoms with Crippen molar-refractivity contribution >= 4 is 11.9 Å². The van der Waals surface area contributed by atoms with Crippen molar-refractivity contribution in [2.24, 2.45) is 5.92 Å². The quantitative estimate of drug-likeness (QED) is 0.481. The second-order valence-electron chi connectivity index (χ2n) is 11.6. The first kappa shape index (κ1) is 22.2. The van der Waals surface area contributed by atoms with Crippen LogP contribution in [0.4, 0.5) is 4.79 Å². The zero-order valence-electron chi connectivity index (χ0n) is 20.5. The van der Waals surface area contributed by atoms with E-state index in [0.29, 0.717) is 0 Å². The molecule has 2 bridgehead atoms. The Labute approximate surface area is 197 Å². The highest BCUT2D eigenvalue weighted by Crippen LogP contribution is 2.49. The Bertz CT molecular complexity index is 1100. The Morgan fingerprint density at radius 2 is 1.58 bits per heavy atom. The number of amides is 1. The minimum absolute atomic E-state index is 0.0380. The predicted octanol–water partition coefficient (Wildman–Crippen LogP) is 6.74. The molecular formula is C29H35NO3. The lowest BCUT2D eigenvalue weighted by molar-refractivity contribution is -0.0260. The van der Waals surface area contributed by atoms with E-state index in [1.54, 1.807) is 0 Å². The van der Waals surface area contributed by atoms with Crippen molar-refractivity contribution < 1.29 is 14.3 Å². The third-order valence-electron chi connectivity index (χ3n) is 7.82. The number of ether oxygens (including phenoxy) is 1. The molecule has 0 saturated carbocycles. The molecule has 0 N–H and O–H groups in total. The number of carbonyl (C=O) groups is 2. The highest BCUT2D eigenvalue weighted by atomic mass is 16.6. The maximum atomic E-state index is 13.7. The van der Waals surface area contributed by atoms with Crippen LogP contribution in [0.5, 0.6) is 0 Å². The second kappa shape index (κ2) is 7.72. The van der Waals surface area contributed by atoms with Crippen LogP contribution in [0.15, 0.2) is 42.5 Å². The molecule has 2 atom stereocenters.